The number of alkyl halides is 1. The summed E-state index contributed by atoms with van der Waals surface area (Å²) in [6, 6.07) is 0.0500. The molecule has 1 N–H and O–H groups in total. The molecule has 0 saturated carbocycles. The van der Waals surface area contributed by atoms with E-state index in [1.165, 1.54) is 0 Å². The molecule has 1 amide bonds. The molecule has 2 unspecified atom stereocenters. The lowest BCUT2D eigenvalue weighted by molar-refractivity contribution is 0.0929. The summed E-state index contributed by atoms with van der Waals surface area (Å²) >= 11 is 5.77. The number of furan rings is 1. The molecule has 3 nitrogen and oxygen atoms in total. The fourth-order valence-electron chi connectivity index (χ4n) is 1.68. The molecule has 1 heterocycles. The third kappa shape index (κ3) is 3.03. The zero-order chi connectivity index (χ0) is 13.2. The Kier molecular flexibility index (Phi) is 4.63. The van der Waals surface area contributed by atoms with Crippen LogP contribution in [0.5, 0.6) is 0 Å². The Labute approximate surface area is 108 Å². The van der Waals surface area contributed by atoms with E-state index in [9.17, 15) is 4.79 Å². The second kappa shape index (κ2) is 5.58. The molecule has 17 heavy (non-hydrogen) atoms. The fraction of sp³-hybridized carbons (Fsp3) is 0.615. The Bertz CT molecular complexity index is 412. The zero-order valence-corrected chi connectivity index (χ0v) is 11.8. The number of nitrogens with one attached hydrogen (secondary N) is 1. The largest absolute Gasteiger partial charge is 0.466 e. The standard InChI is InChI=1S/C13H20ClNO2/c1-7(6-14)9(3)15-13(16)12-8(2)10(4)17-11(12)5/h7,9H,6H2,1-5H3,(H,15,16). The van der Waals surface area contributed by atoms with Crippen molar-refractivity contribution in [2.75, 3.05) is 5.88 Å². The number of hydrogen-bond donors (Lipinski definition) is 1. The highest BCUT2D eigenvalue weighted by molar-refractivity contribution is 6.18. The van der Waals surface area contributed by atoms with Crippen LogP contribution >= 0.6 is 11.6 Å². The van der Waals surface area contributed by atoms with Gasteiger partial charge in [0, 0.05) is 17.5 Å². The lowest BCUT2D eigenvalue weighted by atomic mass is 10.0. The quantitative estimate of drug-likeness (QED) is 0.842. The van der Waals surface area contributed by atoms with Crippen molar-refractivity contribution >= 4 is 17.5 Å². The van der Waals surface area contributed by atoms with E-state index in [0.29, 0.717) is 17.2 Å². The van der Waals surface area contributed by atoms with Crippen molar-refractivity contribution in [3.63, 3.8) is 0 Å². The molecule has 4 heteroatoms. The van der Waals surface area contributed by atoms with E-state index in [1.54, 1.807) is 0 Å². The number of halogens is 1. The van der Waals surface area contributed by atoms with Crippen LogP contribution in [0.25, 0.3) is 0 Å². The molecule has 0 aliphatic heterocycles. The summed E-state index contributed by atoms with van der Waals surface area (Å²) in [5.41, 5.74) is 1.56. The first-order chi connectivity index (χ1) is 7.88. The Balaban J connectivity index is 2.83. The van der Waals surface area contributed by atoms with Crippen molar-refractivity contribution in [3.05, 3.63) is 22.6 Å². The van der Waals surface area contributed by atoms with Gasteiger partial charge in [-0.2, -0.15) is 0 Å². The van der Waals surface area contributed by atoms with Crippen LogP contribution in [0, 0.1) is 26.7 Å². The summed E-state index contributed by atoms with van der Waals surface area (Å²) in [7, 11) is 0. The maximum atomic E-state index is 12.1. The molecular formula is C13H20ClNO2. The molecular weight excluding hydrogens is 238 g/mol. The van der Waals surface area contributed by atoms with E-state index in [1.807, 2.05) is 34.6 Å². The molecule has 1 rings (SSSR count). The second-order valence-corrected chi connectivity index (χ2v) is 4.92. The fourth-order valence-corrected chi connectivity index (χ4v) is 1.95. The average Bonchev–Trinajstić information content (AvgIpc) is 2.51. The summed E-state index contributed by atoms with van der Waals surface area (Å²) in [4.78, 5) is 12.1. The number of hydrogen-bond acceptors (Lipinski definition) is 2. The van der Waals surface area contributed by atoms with E-state index < -0.39 is 0 Å². The van der Waals surface area contributed by atoms with Gasteiger partial charge in [-0.1, -0.05) is 6.92 Å². The van der Waals surface area contributed by atoms with Gasteiger partial charge >= 0.3 is 0 Å². The third-order valence-electron chi connectivity index (χ3n) is 3.24. The number of carbonyl (C=O) groups is 1. The summed E-state index contributed by atoms with van der Waals surface area (Å²) in [5, 5.41) is 2.96. The molecule has 0 aliphatic carbocycles. The van der Waals surface area contributed by atoms with Gasteiger partial charge in [-0.3, -0.25) is 4.79 Å². The van der Waals surface area contributed by atoms with Gasteiger partial charge in [0.1, 0.15) is 11.5 Å². The van der Waals surface area contributed by atoms with Crippen LogP contribution < -0.4 is 5.32 Å². The Morgan fingerprint density at radius 3 is 2.29 bits per heavy atom. The smallest absolute Gasteiger partial charge is 0.255 e. The van der Waals surface area contributed by atoms with Crippen molar-refractivity contribution < 1.29 is 9.21 Å². The molecule has 0 fully saturated rings. The maximum absolute atomic E-state index is 12.1. The minimum Gasteiger partial charge on any atom is -0.466 e. The van der Waals surface area contributed by atoms with Crippen LogP contribution in [0.1, 0.15) is 41.3 Å². The number of carbonyl (C=O) groups excluding carboxylic acids is 1. The number of amides is 1. The van der Waals surface area contributed by atoms with Crippen LogP contribution in [-0.4, -0.2) is 17.8 Å². The molecule has 1 aromatic heterocycles. The number of rotatable bonds is 4. The average molecular weight is 258 g/mol. The lowest BCUT2D eigenvalue weighted by Gasteiger charge is -2.19. The highest BCUT2D eigenvalue weighted by Crippen LogP contribution is 2.20. The minimum absolute atomic E-state index is 0.0500. The summed E-state index contributed by atoms with van der Waals surface area (Å²) in [5.74, 6) is 2.16. The number of aryl methyl sites for hydroxylation is 2. The molecule has 1 aromatic rings. The van der Waals surface area contributed by atoms with Gasteiger partial charge in [-0.05, 0) is 33.6 Å². The van der Waals surface area contributed by atoms with E-state index in [-0.39, 0.29) is 17.9 Å². The van der Waals surface area contributed by atoms with Gasteiger partial charge in [0.2, 0.25) is 0 Å². The Morgan fingerprint density at radius 2 is 1.88 bits per heavy atom. The van der Waals surface area contributed by atoms with E-state index in [2.05, 4.69) is 5.32 Å². The highest BCUT2D eigenvalue weighted by atomic mass is 35.5. The second-order valence-electron chi connectivity index (χ2n) is 4.61. The van der Waals surface area contributed by atoms with Crippen LogP contribution in [0.2, 0.25) is 0 Å². The minimum atomic E-state index is -0.0821. The monoisotopic (exact) mass is 257 g/mol. The van der Waals surface area contributed by atoms with E-state index in [4.69, 9.17) is 16.0 Å². The predicted octanol–water partition coefficient (Wildman–Crippen LogP) is 3.20. The van der Waals surface area contributed by atoms with Crippen LogP contribution in [0.3, 0.4) is 0 Å². The molecule has 0 aliphatic rings. The molecule has 0 saturated heterocycles. The van der Waals surface area contributed by atoms with Crippen LogP contribution in [0.15, 0.2) is 4.42 Å². The maximum Gasteiger partial charge on any atom is 0.255 e. The van der Waals surface area contributed by atoms with Crippen molar-refractivity contribution in [2.45, 2.75) is 40.7 Å². The Morgan fingerprint density at radius 1 is 1.29 bits per heavy atom. The van der Waals surface area contributed by atoms with Crippen molar-refractivity contribution in [1.82, 2.24) is 5.32 Å². The zero-order valence-electron chi connectivity index (χ0n) is 11.1. The van der Waals surface area contributed by atoms with Crippen molar-refractivity contribution in [3.8, 4) is 0 Å². The normalized spacial score (nSPS) is 14.5. The first-order valence-corrected chi connectivity index (χ1v) is 6.35. The Hall–Kier alpha value is -0.960. The molecule has 0 spiro atoms. The predicted molar refractivity (Wildman–Crippen MR) is 69.7 cm³/mol. The van der Waals surface area contributed by atoms with E-state index >= 15 is 0 Å². The first kappa shape index (κ1) is 14.1. The lowest BCUT2D eigenvalue weighted by Crippen LogP contribution is -2.38. The van der Waals surface area contributed by atoms with Gasteiger partial charge in [-0.15, -0.1) is 11.6 Å². The van der Waals surface area contributed by atoms with Gasteiger partial charge in [0.05, 0.1) is 5.56 Å². The molecule has 0 radical (unpaired) electrons. The molecule has 0 aromatic carbocycles. The highest BCUT2D eigenvalue weighted by Gasteiger charge is 2.21. The van der Waals surface area contributed by atoms with Crippen LogP contribution in [0.4, 0.5) is 0 Å². The van der Waals surface area contributed by atoms with Gasteiger partial charge in [-0.25, -0.2) is 0 Å². The topological polar surface area (TPSA) is 42.2 Å². The van der Waals surface area contributed by atoms with Crippen molar-refractivity contribution in [1.29, 1.82) is 0 Å². The molecule has 0 bridgehead atoms. The van der Waals surface area contributed by atoms with Gasteiger partial charge in [0.15, 0.2) is 0 Å². The summed E-state index contributed by atoms with van der Waals surface area (Å²) < 4.78 is 5.45. The van der Waals surface area contributed by atoms with E-state index in [0.717, 1.165) is 11.3 Å². The summed E-state index contributed by atoms with van der Waals surface area (Å²) in [6.45, 7) is 9.55. The molecule has 2 atom stereocenters. The van der Waals surface area contributed by atoms with Gasteiger partial charge in [0.25, 0.3) is 5.91 Å². The SMILES string of the molecule is Cc1oc(C)c(C(=O)NC(C)C(C)CCl)c1C. The molecule has 96 valence electrons. The third-order valence-corrected chi connectivity index (χ3v) is 3.73. The van der Waals surface area contributed by atoms with Crippen LogP contribution in [-0.2, 0) is 0 Å². The van der Waals surface area contributed by atoms with Crippen molar-refractivity contribution in [2.24, 2.45) is 5.92 Å². The first-order valence-electron chi connectivity index (χ1n) is 5.81. The van der Waals surface area contributed by atoms with Gasteiger partial charge < -0.3 is 9.73 Å². The summed E-state index contributed by atoms with van der Waals surface area (Å²) in [6.07, 6.45) is 0.